The summed E-state index contributed by atoms with van der Waals surface area (Å²) in [4.78, 5) is 29.7. The molecule has 1 N–H and O–H groups in total. The number of likely N-dealkylation sites (tertiary alicyclic amines) is 1. The topological polar surface area (TPSA) is 87.8 Å². The van der Waals surface area contributed by atoms with Crippen molar-refractivity contribution in [2.75, 3.05) is 6.54 Å². The van der Waals surface area contributed by atoms with Crippen LogP contribution in [0.15, 0.2) is 24.4 Å². The van der Waals surface area contributed by atoms with Crippen LogP contribution >= 0.6 is 22.9 Å². The van der Waals surface area contributed by atoms with Crippen molar-refractivity contribution >= 4 is 40.5 Å². The van der Waals surface area contributed by atoms with Gasteiger partial charge in [0.2, 0.25) is 0 Å². The number of carbonyl (C=O) groups is 2. The second kappa shape index (κ2) is 7.66. The van der Waals surface area contributed by atoms with Gasteiger partial charge < -0.3 is 10.0 Å². The third-order valence-electron chi connectivity index (χ3n) is 5.00. The van der Waals surface area contributed by atoms with Crippen molar-refractivity contribution in [2.45, 2.75) is 31.0 Å². The van der Waals surface area contributed by atoms with Crippen LogP contribution in [-0.4, -0.2) is 55.2 Å². The highest BCUT2D eigenvalue weighted by atomic mass is 35.5. The molecule has 32 heavy (non-hydrogen) atoms. The molecule has 1 amide bonds. The molecule has 4 rings (SSSR count). The summed E-state index contributed by atoms with van der Waals surface area (Å²) in [7, 11) is 0. The van der Waals surface area contributed by atoms with Crippen LogP contribution in [0.3, 0.4) is 0 Å². The number of hydrogen-bond donors (Lipinski definition) is 1. The lowest BCUT2D eigenvalue weighted by Gasteiger charge is -2.22. The highest BCUT2D eigenvalue weighted by Crippen LogP contribution is 2.45. The minimum Gasteiger partial charge on any atom is -0.480 e. The Kier molecular flexibility index (Phi) is 5.36. The second-order valence-electron chi connectivity index (χ2n) is 6.99. The predicted molar refractivity (Wildman–Crippen MR) is 103 cm³/mol. The van der Waals surface area contributed by atoms with Crippen LogP contribution < -0.4 is 0 Å². The largest absolute Gasteiger partial charge is 0.480 e. The fourth-order valence-corrected chi connectivity index (χ4v) is 4.49. The normalized spacial score (nSPS) is 17.3. The molecule has 1 aliphatic heterocycles. The van der Waals surface area contributed by atoms with Crippen molar-refractivity contribution in [1.29, 1.82) is 0 Å². The number of thiophene rings is 1. The Labute approximate surface area is 185 Å². The van der Waals surface area contributed by atoms with Gasteiger partial charge in [-0.2, -0.15) is 27.1 Å². The number of carbonyl (C=O) groups excluding carboxylic acids is 1. The van der Waals surface area contributed by atoms with Crippen LogP contribution in [0.4, 0.5) is 22.0 Å². The first-order valence-electron chi connectivity index (χ1n) is 9.05. The molecule has 1 saturated heterocycles. The fourth-order valence-electron chi connectivity index (χ4n) is 3.48. The molecule has 1 atom stereocenters. The number of hydrogen-bond acceptors (Lipinski definition) is 5. The minimum absolute atomic E-state index is 0.0823. The molecule has 170 valence electrons. The maximum absolute atomic E-state index is 14.4. The molecule has 14 heteroatoms. The number of halogens is 6. The smallest absolute Gasteiger partial charge is 0.459 e. The van der Waals surface area contributed by atoms with Crippen LogP contribution in [-0.2, 0) is 10.7 Å². The molecule has 0 saturated carbocycles. The van der Waals surface area contributed by atoms with Gasteiger partial charge in [0.25, 0.3) is 5.91 Å². The Balaban J connectivity index is 1.93. The molecule has 3 aromatic rings. The van der Waals surface area contributed by atoms with Crippen molar-refractivity contribution in [1.82, 2.24) is 19.5 Å². The average molecular weight is 495 g/mol. The second-order valence-corrected chi connectivity index (χ2v) is 8.71. The summed E-state index contributed by atoms with van der Waals surface area (Å²) in [6.07, 6.45) is -4.55. The summed E-state index contributed by atoms with van der Waals surface area (Å²) in [5, 5.41) is 12.9. The van der Waals surface area contributed by atoms with Gasteiger partial charge in [-0.3, -0.25) is 4.79 Å². The van der Waals surface area contributed by atoms with E-state index in [1.807, 2.05) is 0 Å². The monoisotopic (exact) mass is 494 g/mol. The van der Waals surface area contributed by atoms with E-state index in [-0.39, 0.29) is 38.0 Å². The number of rotatable bonds is 4. The summed E-state index contributed by atoms with van der Waals surface area (Å²) in [5.41, 5.74) is -2.74. The van der Waals surface area contributed by atoms with Crippen molar-refractivity contribution in [3.05, 3.63) is 40.0 Å². The first-order valence-corrected chi connectivity index (χ1v) is 10.2. The SMILES string of the molecule is O=C(O)[C@@H]1CCCN1C(=O)c1cnn2c(C(F)(F)C(F)(F)F)cc(-c3ccc(Cl)s3)nc12. The third kappa shape index (κ3) is 3.58. The predicted octanol–water partition coefficient (Wildman–Crippen LogP) is 4.45. The van der Waals surface area contributed by atoms with E-state index in [0.29, 0.717) is 12.5 Å². The van der Waals surface area contributed by atoms with Gasteiger partial charge in [0.05, 0.1) is 21.1 Å². The number of carboxylic acids is 1. The number of amides is 1. The van der Waals surface area contributed by atoms with Crippen LogP contribution in [0, 0.1) is 0 Å². The van der Waals surface area contributed by atoms with Gasteiger partial charge in [-0.05, 0) is 31.0 Å². The lowest BCUT2D eigenvalue weighted by molar-refractivity contribution is -0.291. The van der Waals surface area contributed by atoms with Gasteiger partial charge >= 0.3 is 18.1 Å². The molecule has 7 nitrogen and oxygen atoms in total. The molecule has 4 heterocycles. The Morgan fingerprint density at radius 3 is 2.53 bits per heavy atom. The maximum Gasteiger partial charge on any atom is 0.459 e. The van der Waals surface area contributed by atoms with E-state index in [1.54, 1.807) is 0 Å². The molecular formula is C18H12ClF5N4O3S. The molecule has 0 bridgehead atoms. The number of nitrogens with zero attached hydrogens (tertiary/aromatic N) is 4. The summed E-state index contributed by atoms with van der Waals surface area (Å²) >= 11 is 6.75. The Morgan fingerprint density at radius 2 is 1.94 bits per heavy atom. The number of fused-ring (bicyclic) bond motifs is 1. The Bertz CT molecular complexity index is 1230. The van der Waals surface area contributed by atoms with Crippen LogP contribution in [0.25, 0.3) is 16.2 Å². The third-order valence-corrected chi connectivity index (χ3v) is 6.26. The molecule has 0 unspecified atom stereocenters. The highest BCUT2D eigenvalue weighted by Gasteiger charge is 2.60. The van der Waals surface area contributed by atoms with Crippen molar-refractivity contribution in [3.8, 4) is 10.6 Å². The molecule has 0 aliphatic carbocycles. The number of alkyl halides is 5. The summed E-state index contributed by atoms with van der Waals surface area (Å²) in [5.74, 6) is -7.44. The lowest BCUT2D eigenvalue weighted by atomic mass is 10.1. The number of aliphatic carboxylic acids is 1. The Morgan fingerprint density at radius 1 is 1.22 bits per heavy atom. The minimum atomic E-state index is -5.94. The molecule has 0 spiro atoms. The molecule has 1 fully saturated rings. The van der Waals surface area contributed by atoms with E-state index in [0.717, 1.165) is 22.4 Å². The summed E-state index contributed by atoms with van der Waals surface area (Å²) < 4.78 is 68.7. The van der Waals surface area contributed by atoms with Crippen LogP contribution in [0.1, 0.15) is 28.9 Å². The first-order chi connectivity index (χ1) is 14.9. The molecule has 0 aromatic carbocycles. The van der Waals surface area contributed by atoms with Gasteiger partial charge in [0.15, 0.2) is 5.65 Å². The van der Waals surface area contributed by atoms with Gasteiger partial charge in [-0.15, -0.1) is 11.3 Å². The lowest BCUT2D eigenvalue weighted by Crippen LogP contribution is -2.40. The molecule has 0 radical (unpaired) electrons. The molecule has 3 aromatic heterocycles. The van der Waals surface area contributed by atoms with Gasteiger partial charge in [-0.1, -0.05) is 11.6 Å². The number of carboxylic acid groups (broad SMARTS) is 1. The quantitative estimate of drug-likeness (QED) is 0.541. The zero-order valence-corrected chi connectivity index (χ0v) is 17.3. The van der Waals surface area contributed by atoms with E-state index < -0.39 is 41.4 Å². The van der Waals surface area contributed by atoms with E-state index >= 15 is 0 Å². The van der Waals surface area contributed by atoms with Crippen molar-refractivity contribution < 1.29 is 36.6 Å². The summed E-state index contributed by atoms with van der Waals surface area (Å²) in [6, 6.07) is 2.20. The maximum atomic E-state index is 14.4. The first kappa shape index (κ1) is 22.4. The zero-order chi connectivity index (χ0) is 23.4. The van der Waals surface area contributed by atoms with E-state index in [2.05, 4.69) is 10.1 Å². The van der Waals surface area contributed by atoms with Crippen LogP contribution in [0.2, 0.25) is 4.34 Å². The fraction of sp³-hybridized carbons (Fsp3) is 0.333. The van der Waals surface area contributed by atoms with E-state index in [9.17, 15) is 36.6 Å². The van der Waals surface area contributed by atoms with Gasteiger partial charge in [0.1, 0.15) is 17.3 Å². The average Bonchev–Trinajstić information content (AvgIpc) is 3.44. The van der Waals surface area contributed by atoms with Crippen LogP contribution in [0.5, 0.6) is 0 Å². The standard InChI is InChI=1S/C18H12ClF5N4O3S/c19-13-4-3-11(32-13)9-6-12(17(20,21)18(22,23)24)28-14(26-9)8(7-25-28)15(29)27-5-1-2-10(27)16(30)31/h3-4,6-7,10H,1-2,5H2,(H,30,31)/t10-/m0/s1. The number of aromatic nitrogens is 3. The molecule has 1 aliphatic rings. The summed E-state index contributed by atoms with van der Waals surface area (Å²) in [6.45, 7) is 0.0823. The zero-order valence-electron chi connectivity index (χ0n) is 15.7. The van der Waals surface area contributed by atoms with E-state index in [1.165, 1.54) is 12.1 Å². The van der Waals surface area contributed by atoms with Gasteiger partial charge in [-0.25, -0.2) is 14.3 Å². The van der Waals surface area contributed by atoms with Gasteiger partial charge in [0, 0.05) is 6.54 Å². The van der Waals surface area contributed by atoms with E-state index in [4.69, 9.17) is 11.6 Å². The highest BCUT2D eigenvalue weighted by molar-refractivity contribution is 7.19. The molecular weight excluding hydrogens is 483 g/mol. The van der Waals surface area contributed by atoms with Crippen molar-refractivity contribution in [3.63, 3.8) is 0 Å². The Hall–Kier alpha value is -2.80. The van der Waals surface area contributed by atoms with Crippen molar-refractivity contribution in [2.24, 2.45) is 0 Å².